The van der Waals surface area contributed by atoms with Crippen LogP contribution in [0.25, 0.3) is 0 Å². The van der Waals surface area contributed by atoms with Crippen molar-refractivity contribution in [2.24, 2.45) is 0 Å². The lowest BCUT2D eigenvalue weighted by Crippen LogP contribution is -2.37. The highest BCUT2D eigenvalue weighted by Crippen LogP contribution is 2.27. The molecule has 0 unspecified atom stereocenters. The van der Waals surface area contributed by atoms with Gasteiger partial charge in [-0.15, -0.1) is 11.6 Å². The van der Waals surface area contributed by atoms with E-state index in [9.17, 15) is 0 Å². The molecule has 0 atom stereocenters. The summed E-state index contributed by atoms with van der Waals surface area (Å²) in [6.07, 6.45) is 7.70. The van der Waals surface area contributed by atoms with E-state index in [1.54, 1.807) is 0 Å². The summed E-state index contributed by atoms with van der Waals surface area (Å²) in [6.45, 7) is 5.42. The summed E-state index contributed by atoms with van der Waals surface area (Å²) in [7, 11) is 0. The van der Waals surface area contributed by atoms with Gasteiger partial charge in [-0.25, -0.2) is 4.98 Å². The first-order valence-corrected chi connectivity index (χ1v) is 8.14. The Kier molecular flexibility index (Phi) is 5.50. The van der Waals surface area contributed by atoms with Crippen LogP contribution in [-0.2, 0) is 12.3 Å². The van der Waals surface area contributed by atoms with E-state index in [1.165, 1.54) is 37.7 Å². The summed E-state index contributed by atoms with van der Waals surface area (Å²) >= 11 is 6.02. The Morgan fingerprint density at radius 2 is 1.95 bits per heavy atom. The van der Waals surface area contributed by atoms with Gasteiger partial charge in [0.2, 0.25) is 0 Å². The molecule has 0 N–H and O–H groups in total. The first kappa shape index (κ1) is 14.6. The van der Waals surface area contributed by atoms with Crippen LogP contribution >= 0.6 is 11.6 Å². The number of alkyl halides is 1. The molecule has 1 heterocycles. The number of halogens is 1. The van der Waals surface area contributed by atoms with Crippen molar-refractivity contribution in [2.45, 2.75) is 64.3 Å². The second kappa shape index (κ2) is 7.14. The quantitative estimate of drug-likeness (QED) is 0.736. The summed E-state index contributed by atoms with van der Waals surface area (Å²) in [4.78, 5) is 7.29. The summed E-state index contributed by atoms with van der Waals surface area (Å²) in [6, 6.07) is 4.97. The highest BCUT2D eigenvalue weighted by atomic mass is 35.5. The molecule has 0 saturated heterocycles. The molecule has 0 aromatic carbocycles. The van der Waals surface area contributed by atoms with Crippen molar-refractivity contribution < 1.29 is 0 Å². The molecule has 1 aromatic heterocycles. The maximum Gasteiger partial charge on any atom is 0.129 e. The fraction of sp³-hybridized carbons (Fsp3) is 0.688. The van der Waals surface area contributed by atoms with Crippen molar-refractivity contribution in [3.63, 3.8) is 0 Å². The smallest absolute Gasteiger partial charge is 0.129 e. The standard InChI is InChI=1S/C16H25ClN2/c1-3-14-10-13(12-17)11-16(18-14)19(4-2)15-8-6-5-7-9-15/h10-11,15H,3-9,12H2,1-2H3. The molecule has 0 radical (unpaired) electrons. The van der Waals surface area contributed by atoms with Crippen molar-refractivity contribution >= 4 is 17.4 Å². The van der Waals surface area contributed by atoms with Gasteiger partial charge in [-0.1, -0.05) is 26.2 Å². The van der Waals surface area contributed by atoms with Crippen molar-refractivity contribution in [3.8, 4) is 0 Å². The molecular weight excluding hydrogens is 256 g/mol. The Morgan fingerprint density at radius 1 is 1.21 bits per heavy atom. The number of anilines is 1. The number of hydrogen-bond donors (Lipinski definition) is 0. The fourth-order valence-corrected chi connectivity index (χ4v) is 3.19. The van der Waals surface area contributed by atoms with Crippen LogP contribution in [0, 0.1) is 0 Å². The Balaban J connectivity index is 2.25. The molecule has 1 saturated carbocycles. The molecule has 0 spiro atoms. The maximum atomic E-state index is 6.02. The predicted molar refractivity (Wildman–Crippen MR) is 83.1 cm³/mol. The highest BCUT2D eigenvalue weighted by Gasteiger charge is 2.21. The molecule has 0 amide bonds. The van der Waals surface area contributed by atoms with Gasteiger partial charge in [-0.2, -0.15) is 0 Å². The van der Waals surface area contributed by atoms with Crippen molar-refractivity contribution in [1.82, 2.24) is 4.98 Å². The topological polar surface area (TPSA) is 16.1 Å². The molecule has 1 aliphatic rings. The third kappa shape index (κ3) is 3.62. The molecule has 106 valence electrons. The summed E-state index contributed by atoms with van der Waals surface area (Å²) in [5.74, 6) is 1.70. The maximum absolute atomic E-state index is 6.02. The van der Waals surface area contributed by atoms with E-state index in [2.05, 4.69) is 30.9 Å². The average Bonchev–Trinajstić information content (AvgIpc) is 2.48. The van der Waals surface area contributed by atoms with Gasteiger partial charge in [-0.3, -0.25) is 0 Å². The molecule has 0 aliphatic heterocycles. The van der Waals surface area contributed by atoms with Gasteiger partial charge < -0.3 is 4.90 Å². The second-order valence-electron chi connectivity index (χ2n) is 5.39. The molecular formula is C16H25ClN2. The third-order valence-corrected chi connectivity index (χ3v) is 4.40. The van der Waals surface area contributed by atoms with Crippen molar-refractivity contribution in [1.29, 1.82) is 0 Å². The number of rotatable bonds is 5. The molecule has 2 rings (SSSR count). The van der Waals surface area contributed by atoms with E-state index in [-0.39, 0.29) is 0 Å². The molecule has 1 fully saturated rings. The van der Waals surface area contributed by atoms with Crippen LogP contribution in [0.1, 0.15) is 57.2 Å². The van der Waals surface area contributed by atoms with Crippen LogP contribution in [0.5, 0.6) is 0 Å². The minimum atomic E-state index is 0.574. The van der Waals surface area contributed by atoms with Gasteiger partial charge >= 0.3 is 0 Å². The summed E-state index contributed by atoms with van der Waals surface area (Å²) < 4.78 is 0. The zero-order valence-electron chi connectivity index (χ0n) is 12.2. The molecule has 0 bridgehead atoms. The number of pyridine rings is 1. The van der Waals surface area contributed by atoms with E-state index in [4.69, 9.17) is 16.6 Å². The number of aryl methyl sites for hydroxylation is 1. The predicted octanol–water partition coefficient (Wildman–Crippen LogP) is 4.54. The van der Waals surface area contributed by atoms with Gasteiger partial charge in [0.05, 0.1) is 0 Å². The molecule has 1 aromatic rings. The van der Waals surface area contributed by atoms with Crippen LogP contribution in [0.4, 0.5) is 5.82 Å². The highest BCUT2D eigenvalue weighted by molar-refractivity contribution is 6.17. The number of aromatic nitrogens is 1. The molecule has 3 heteroatoms. The monoisotopic (exact) mass is 280 g/mol. The van der Waals surface area contributed by atoms with E-state index < -0.39 is 0 Å². The van der Waals surface area contributed by atoms with Crippen LogP contribution in [0.2, 0.25) is 0 Å². The van der Waals surface area contributed by atoms with E-state index in [1.807, 2.05) is 0 Å². The van der Waals surface area contributed by atoms with Gasteiger partial charge in [0, 0.05) is 24.2 Å². The second-order valence-corrected chi connectivity index (χ2v) is 5.66. The van der Waals surface area contributed by atoms with Gasteiger partial charge in [0.15, 0.2) is 0 Å². The SMILES string of the molecule is CCc1cc(CCl)cc(N(CC)C2CCCCC2)n1. The van der Waals surface area contributed by atoms with E-state index >= 15 is 0 Å². The Morgan fingerprint density at radius 3 is 2.53 bits per heavy atom. The lowest BCUT2D eigenvalue weighted by Gasteiger charge is -2.35. The minimum absolute atomic E-state index is 0.574. The average molecular weight is 281 g/mol. The van der Waals surface area contributed by atoms with Crippen LogP contribution in [-0.4, -0.2) is 17.6 Å². The first-order valence-electron chi connectivity index (χ1n) is 7.61. The Hall–Kier alpha value is -0.760. The summed E-state index contributed by atoms with van der Waals surface area (Å²) in [5.41, 5.74) is 2.35. The number of nitrogens with zero attached hydrogens (tertiary/aromatic N) is 2. The lowest BCUT2D eigenvalue weighted by atomic mass is 9.94. The van der Waals surface area contributed by atoms with Gasteiger partial charge in [0.1, 0.15) is 5.82 Å². The Labute approximate surface area is 122 Å². The van der Waals surface area contributed by atoms with Crippen LogP contribution in [0.15, 0.2) is 12.1 Å². The van der Waals surface area contributed by atoms with E-state index in [0.29, 0.717) is 11.9 Å². The molecule has 2 nitrogen and oxygen atoms in total. The van der Waals surface area contributed by atoms with Gasteiger partial charge in [0.25, 0.3) is 0 Å². The first-order chi connectivity index (χ1) is 9.28. The third-order valence-electron chi connectivity index (χ3n) is 4.09. The zero-order valence-corrected chi connectivity index (χ0v) is 12.9. The fourth-order valence-electron chi connectivity index (χ4n) is 3.04. The molecule has 19 heavy (non-hydrogen) atoms. The number of hydrogen-bond acceptors (Lipinski definition) is 2. The van der Waals surface area contributed by atoms with E-state index in [0.717, 1.165) is 24.5 Å². The van der Waals surface area contributed by atoms with Gasteiger partial charge in [-0.05, 0) is 43.9 Å². The minimum Gasteiger partial charge on any atom is -0.354 e. The zero-order chi connectivity index (χ0) is 13.7. The van der Waals surface area contributed by atoms with Crippen LogP contribution < -0.4 is 4.90 Å². The van der Waals surface area contributed by atoms with Crippen LogP contribution in [0.3, 0.4) is 0 Å². The normalized spacial score (nSPS) is 16.6. The van der Waals surface area contributed by atoms with Crippen molar-refractivity contribution in [3.05, 3.63) is 23.4 Å². The summed E-state index contributed by atoms with van der Waals surface area (Å²) in [5, 5.41) is 0. The largest absolute Gasteiger partial charge is 0.354 e. The molecule has 1 aliphatic carbocycles. The lowest BCUT2D eigenvalue weighted by molar-refractivity contribution is 0.416. The Bertz CT molecular complexity index is 377. The van der Waals surface area contributed by atoms with Crippen molar-refractivity contribution in [2.75, 3.05) is 11.4 Å².